The minimum atomic E-state index is -0.243. The van der Waals surface area contributed by atoms with Crippen molar-refractivity contribution in [2.45, 2.75) is 12.3 Å². The molecule has 2 aromatic rings. The molecule has 0 heterocycles. The molecular formula is C20H20O2. The van der Waals surface area contributed by atoms with Crippen LogP contribution in [0.4, 0.5) is 0 Å². The second kappa shape index (κ2) is 7.99. The van der Waals surface area contributed by atoms with Crippen LogP contribution in [0.5, 0.6) is 5.75 Å². The number of para-hydroxylation sites is 1. The Morgan fingerprint density at radius 1 is 1.00 bits per heavy atom. The lowest BCUT2D eigenvalue weighted by molar-refractivity contribution is 0.0956. The molecule has 0 aliphatic heterocycles. The predicted octanol–water partition coefficient (Wildman–Crippen LogP) is 4.79. The Morgan fingerprint density at radius 2 is 1.68 bits per heavy atom. The summed E-state index contributed by atoms with van der Waals surface area (Å²) in [6, 6.07) is 17.1. The van der Waals surface area contributed by atoms with Crippen LogP contribution < -0.4 is 4.74 Å². The zero-order valence-electron chi connectivity index (χ0n) is 12.6. The summed E-state index contributed by atoms with van der Waals surface area (Å²) in [4.78, 5) is 13.0. The van der Waals surface area contributed by atoms with E-state index in [9.17, 15) is 4.79 Å². The number of ether oxygens (including phenoxy) is 1. The number of Topliss-reactive ketones (excluding diaryl/α,β-unsaturated/α-hetero) is 1. The summed E-state index contributed by atoms with van der Waals surface area (Å²) in [5.74, 6) is 0.398. The Labute approximate surface area is 131 Å². The fraction of sp³-hybridized carbons (Fsp3) is 0.150. The molecule has 0 saturated heterocycles. The number of carbonyl (C=O) groups excluding carboxylic acids is 1. The summed E-state index contributed by atoms with van der Waals surface area (Å²) >= 11 is 0. The molecule has 2 heteroatoms. The normalized spacial score (nSPS) is 11.5. The predicted molar refractivity (Wildman–Crippen MR) is 90.5 cm³/mol. The first kappa shape index (κ1) is 15.8. The number of carbonyl (C=O) groups is 1. The fourth-order valence-corrected chi connectivity index (χ4v) is 2.38. The lowest BCUT2D eigenvalue weighted by Gasteiger charge is -2.17. The monoisotopic (exact) mass is 292 g/mol. The lowest BCUT2D eigenvalue weighted by Crippen LogP contribution is -2.14. The van der Waals surface area contributed by atoms with Crippen LogP contribution in [0.3, 0.4) is 0 Å². The summed E-state index contributed by atoms with van der Waals surface area (Å²) in [6.07, 6.45) is 4.04. The number of hydrogen-bond acceptors (Lipinski definition) is 2. The molecule has 0 radical (unpaired) electrons. The van der Waals surface area contributed by atoms with Crippen molar-refractivity contribution >= 4 is 5.78 Å². The van der Waals surface area contributed by atoms with Gasteiger partial charge >= 0.3 is 0 Å². The maximum Gasteiger partial charge on any atom is 0.174 e. The second-order valence-electron chi connectivity index (χ2n) is 4.95. The van der Waals surface area contributed by atoms with E-state index in [2.05, 4.69) is 13.2 Å². The van der Waals surface area contributed by atoms with Crippen LogP contribution in [0.15, 0.2) is 79.9 Å². The molecule has 2 nitrogen and oxygen atoms in total. The third-order valence-corrected chi connectivity index (χ3v) is 3.43. The van der Waals surface area contributed by atoms with Crippen LogP contribution in [0, 0.1) is 0 Å². The van der Waals surface area contributed by atoms with Crippen LogP contribution in [0.2, 0.25) is 0 Å². The van der Waals surface area contributed by atoms with Crippen molar-refractivity contribution in [1.82, 2.24) is 0 Å². The van der Waals surface area contributed by atoms with E-state index in [-0.39, 0.29) is 11.7 Å². The first-order chi connectivity index (χ1) is 10.8. The van der Waals surface area contributed by atoms with Gasteiger partial charge in [-0.2, -0.15) is 0 Å². The van der Waals surface area contributed by atoms with Crippen LogP contribution in [-0.4, -0.2) is 12.4 Å². The van der Waals surface area contributed by atoms with E-state index in [0.717, 1.165) is 5.56 Å². The molecule has 1 atom stereocenters. The van der Waals surface area contributed by atoms with E-state index in [0.29, 0.717) is 24.3 Å². The topological polar surface area (TPSA) is 26.3 Å². The van der Waals surface area contributed by atoms with Gasteiger partial charge in [0.1, 0.15) is 12.4 Å². The standard InChI is InChI=1S/C20H20O2/c1-3-10-17(16-11-6-5-7-12-16)20(21)18-13-8-9-14-19(18)22-15-4-2/h3-9,11-14,17H,1-2,10,15H2. The minimum Gasteiger partial charge on any atom is -0.489 e. The fourth-order valence-electron chi connectivity index (χ4n) is 2.38. The summed E-state index contributed by atoms with van der Waals surface area (Å²) in [7, 11) is 0. The molecule has 0 aliphatic rings. The molecule has 0 bridgehead atoms. The first-order valence-electron chi connectivity index (χ1n) is 7.30. The van der Waals surface area contributed by atoms with Gasteiger partial charge in [-0.25, -0.2) is 0 Å². The molecule has 0 aliphatic carbocycles. The maximum atomic E-state index is 13.0. The average molecular weight is 292 g/mol. The van der Waals surface area contributed by atoms with E-state index < -0.39 is 0 Å². The zero-order chi connectivity index (χ0) is 15.8. The quantitative estimate of drug-likeness (QED) is 0.516. The average Bonchev–Trinajstić information content (AvgIpc) is 2.58. The molecular weight excluding hydrogens is 272 g/mol. The Kier molecular flexibility index (Phi) is 5.73. The Morgan fingerprint density at radius 3 is 2.36 bits per heavy atom. The lowest BCUT2D eigenvalue weighted by atomic mass is 9.88. The molecule has 0 fully saturated rings. The summed E-state index contributed by atoms with van der Waals surface area (Å²) in [5.41, 5.74) is 1.59. The molecule has 0 amide bonds. The van der Waals surface area contributed by atoms with Gasteiger partial charge in [-0.3, -0.25) is 4.79 Å². The van der Waals surface area contributed by atoms with Gasteiger partial charge in [-0.15, -0.1) is 6.58 Å². The van der Waals surface area contributed by atoms with Gasteiger partial charge in [-0.05, 0) is 24.1 Å². The number of ketones is 1. The Bertz CT molecular complexity index is 644. The molecule has 0 spiro atoms. The van der Waals surface area contributed by atoms with Gasteiger partial charge in [-0.1, -0.05) is 61.2 Å². The van der Waals surface area contributed by atoms with Gasteiger partial charge in [0.25, 0.3) is 0 Å². The van der Waals surface area contributed by atoms with E-state index in [1.807, 2.05) is 48.5 Å². The molecule has 22 heavy (non-hydrogen) atoms. The summed E-state index contributed by atoms with van der Waals surface area (Å²) < 4.78 is 5.61. The molecule has 1 unspecified atom stereocenters. The third kappa shape index (κ3) is 3.73. The first-order valence-corrected chi connectivity index (χ1v) is 7.30. The molecule has 2 rings (SSSR count). The van der Waals surface area contributed by atoms with Crippen molar-refractivity contribution in [2.24, 2.45) is 0 Å². The smallest absolute Gasteiger partial charge is 0.174 e. The van der Waals surface area contributed by atoms with E-state index in [4.69, 9.17) is 4.74 Å². The van der Waals surface area contributed by atoms with Crippen molar-refractivity contribution in [2.75, 3.05) is 6.61 Å². The highest BCUT2D eigenvalue weighted by Gasteiger charge is 2.23. The highest BCUT2D eigenvalue weighted by Crippen LogP contribution is 2.29. The molecule has 0 N–H and O–H groups in total. The van der Waals surface area contributed by atoms with Crippen molar-refractivity contribution in [3.05, 3.63) is 91.0 Å². The van der Waals surface area contributed by atoms with Crippen molar-refractivity contribution in [1.29, 1.82) is 0 Å². The third-order valence-electron chi connectivity index (χ3n) is 3.43. The van der Waals surface area contributed by atoms with E-state index >= 15 is 0 Å². The summed E-state index contributed by atoms with van der Waals surface area (Å²) in [6.45, 7) is 7.79. The van der Waals surface area contributed by atoms with Crippen molar-refractivity contribution in [3.63, 3.8) is 0 Å². The largest absolute Gasteiger partial charge is 0.489 e. The highest BCUT2D eigenvalue weighted by atomic mass is 16.5. The van der Waals surface area contributed by atoms with Crippen molar-refractivity contribution < 1.29 is 9.53 Å². The van der Waals surface area contributed by atoms with Crippen LogP contribution in [0.1, 0.15) is 28.3 Å². The SMILES string of the molecule is C=CCOc1ccccc1C(=O)C(CC=C)c1ccccc1. The molecule has 0 saturated carbocycles. The van der Waals surface area contributed by atoms with Gasteiger partial charge < -0.3 is 4.74 Å². The number of benzene rings is 2. The molecule has 112 valence electrons. The maximum absolute atomic E-state index is 13.0. The van der Waals surface area contributed by atoms with Crippen LogP contribution >= 0.6 is 0 Å². The van der Waals surface area contributed by atoms with Crippen LogP contribution in [-0.2, 0) is 0 Å². The number of hydrogen-bond donors (Lipinski definition) is 0. The van der Waals surface area contributed by atoms with Gasteiger partial charge in [0.2, 0.25) is 0 Å². The minimum absolute atomic E-state index is 0.0470. The van der Waals surface area contributed by atoms with Gasteiger partial charge in [0, 0.05) is 0 Å². The van der Waals surface area contributed by atoms with Gasteiger partial charge in [0.15, 0.2) is 5.78 Å². The Hall–Kier alpha value is -2.61. The zero-order valence-corrected chi connectivity index (χ0v) is 12.6. The highest BCUT2D eigenvalue weighted by molar-refractivity contribution is 6.03. The molecule has 0 aromatic heterocycles. The van der Waals surface area contributed by atoms with Crippen molar-refractivity contribution in [3.8, 4) is 5.75 Å². The number of allylic oxidation sites excluding steroid dienone is 1. The van der Waals surface area contributed by atoms with E-state index in [1.54, 1.807) is 18.2 Å². The molecule has 2 aromatic carbocycles. The Balaban J connectivity index is 2.35. The van der Waals surface area contributed by atoms with Crippen LogP contribution in [0.25, 0.3) is 0 Å². The second-order valence-corrected chi connectivity index (χ2v) is 4.95. The summed E-state index contributed by atoms with van der Waals surface area (Å²) in [5, 5.41) is 0. The van der Waals surface area contributed by atoms with E-state index in [1.165, 1.54) is 0 Å². The number of rotatable bonds is 8. The van der Waals surface area contributed by atoms with Gasteiger partial charge in [0.05, 0.1) is 11.5 Å².